The fourth-order valence-corrected chi connectivity index (χ4v) is 8.37. The van der Waals surface area contributed by atoms with Crippen LogP contribution in [0.3, 0.4) is 0 Å². The number of benzene rings is 10. The molecule has 278 valence electrons. The van der Waals surface area contributed by atoms with Crippen LogP contribution >= 0.6 is 0 Å². The highest BCUT2D eigenvalue weighted by atomic mass is 15.1. The summed E-state index contributed by atoms with van der Waals surface area (Å²) < 4.78 is 0. The van der Waals surface area contributed by atoms with E-state index in [9.17, 15) is 0 Å². The summed E-state index contributed by atoms with van der Waals surface area (Å²) in [7, 11) is 0. The molecule has 59 heavy (non-hydrogen) atoms. The maximum Gasteiger partial charge on any atom is 0.0540 e. The van der Waals surface area contributed by atoms with Crippen LogP contribution in [0.4, 0.5) is 17.1 Å². The number of rotatable bonds is 9. The molecule has 0 aromatic heterocycles. The number of para-hydroxylation sites is 1. The van der Waals surface area contributed by atoms with Crippen LogP contribution in [0.15, 0.2) is 249 Å². The molecule has 0 fully saturated rings. The molecule has 0 atom stereocenters. The molecule has 1 nitrogen and oxygen atoms in total. The first-order valence-corrected chi connectivity index (χ1v) is 20.3. The van der Waals surface area contributed by atoms with Crippen molar-refractivity contribution in [1.82, 2.24) is 0 Å². The van der Waals surface area contributed by atoms with E-state index in [1.54, 1.807) is 0 Å². The summed E-state index contributed by atoms with van der Waals surface area (Å²) in [5.74, 6) is 0. The fourth-order valence-electron chi connectivity index (χ4n) is 8.37. The third-order valence-corrected chi connectivity index (χ3v) is 11.3. The molecular formula is C58H41N. The maximum atomic E-state index is 2.42. The lowest BCUT2D eigenvalue weighted by Crippen LogP contribution is -2.11. The summed E-state index contributed by atoms with van der Waals surface area (Å²) in [6, 6.07) is 89.9. The number of fused-ring (bicyclic) bond motifs is 1. The van der Waals surface area contributed by atoms with Crippen LogP contribution in [-0.2, 0) is 0 Å². The summed E-state index contributed by atoms with van der Waals surface area (Å²) in [6.07, 6.45) is 0. The molecule has 10 aromatic rings. The second-order valence-corrected chi connectivity index (χ2v) is 14.9. The highest BCUT2D eigenvalue weighted by Gasteiger charge is 2.21. The van der Waals surface area contributed by atoms with Crippen LogP contribution < -0.4 is 4.90 Å². The number of anilines is 3. The molecule has 0 bridgehead atoms. The van der Waals surface area contributed by atoms with Gasteiger partial charge < -0.3 is 4.90 Å². The SMILES string of the molecule is c1ccc(-c2cccc(-c3ccc(N(c4cccc(-c5ccc6ccccc6c5)c4)c4ccccc4-c4ccccc4-c4ccccc4-c4ccccc4)cc3)c2)cc1. The van der Waals surface area contributed by atoms with Gasteiger partial charge in [0.15, 0.2) is 0 Å². The average molecular weight is 752 g/mol. The lowest BCUT2D eigenvalue weighted by molar-refractivity contribution is 1.28. The van der Waals surface area contributed by atoms with Crippen molar-refractivity contribution in [3.63, 3.8) is 0 Å². The molecule has 0 aliphatic rings. The number of hydrogen-bond donors (Lipinski definition) is 0. The van der Waals surface area contributed by atoms with E-state index in [4.69, 9.17) is 0 Å². The van der Waals surface area contributed by atoms with Gasteiger partial charge in [-0.05, 0) is 114 Å². The summed E-state index contributed by atoms with van der Waals surface area (Å²) in [6.45, 7) is 0. The Morgan fingerprint density at radius 3 is 1.34 bits per heavy atom. The minimum Gasteiger partial charge on any atom is -0.310 e. The molecular weight excluding hydrogens is 711 g/mol. The van der Waals surface area contributed by atoms with Gasteiger partial charge in [-0.2, -0.15) is 0 Å². The normalized spacial score (nSPS) is 11.1. The summed E-state index contributed by atoms with van der Waals surface area (Å²) >= 11 is 0. The van der Waals surface area contributed by atoms with E-state index in [2.05, 4.69) is 254 Å². The van der Waals surface area contributed by atoms with Gasteiger partial charge in [0.25, 0.3) is 0 Å². The Morgan fingerprint density at radius 2 is 0.644 bits per heavy atom. The quantitative estimate of drug-likeness (QED) is 0.142. The maximum absolute atomic E-state index is 2.42. The molecule has 0 saturated heterocycles. The summed E-state index contributed by atoms with van der Waals surface area (Å²) in [5.41, 5.74) is 17.6. The zero-order chi connectivity index (χ0) is 39.4. The Kier molecular flexibility index (Phi) is 9.68. The molecule has 0 spiro atoms. The van der Waals surface area contributed by atoms with E-state index < -0.39 is 0 Å². The second kappa shape index (κ2) is 16.0. The van der Waals surface area contributed by atoms with E-state index in [1.807, 2.05) is 0 Å². The average Bonchev–Trinajstić information content (AvgIpc) is 3.32. The van der Waals surface area contributed by atoms with Crippen molar-refractivity contribution in [2.24, 2.45) is 0 Å². The molecule has 0 N–H and O–H groups in total. The molecule has 0 heterocycles. The molecule has 0 saturated carbocycles. The van der Waals surface area contributed by atoms with Gasteiger partial charge in [0.2, 0.25) is 0 Å². The summed E-state index contributed by atoms with van der Waals surface area (Å²) in [5, 5.41) is 2.47. The van der Waals surface area contributed by atoms with Crippen LogP contribution in [-0.4, -0.2) is 0 Å². The molecule has 10 aromatic carbocycles. The first-order chi connectivity index (χ1) is 29.3. The Hall–Kier alpha value is -7.74. The zero-order valence-electron chi connectivity index (χ0n) is 32.6. The van der Waals surface area contributed by atoms with Gasteiger partial charge in [-0.3, -0.25) is 0 Å². The predicted molar refractivity (Wildman–Crippen MR) is 251 cm³/mol. The Balaban J connectivity index is 1.12. The number of hydrogen-bond acceptors (Lipinski definition) is 1. The monoisotopic (exact) mass is 751 g/mol. The standard InChI is InChI=1S/C58H41N/c1-3-17-42(18-4-1)47-23-15-24-48(39-47)44-35-37-51(38-36-44)59(52-26-16-25-49(41-52)50-34-33-43-19-7-8-22-46(43)40-50)58-32-14-13-31-57(58)56-30-12-11-29-55(56)54-28-10-9-27-53(54)45-20-5-2-6-21-45/h1-41H. The largest absolute Gasteiger partial charge is 0.310 e. The Bertz CT molecular complexity index is 3040. The molecule has 1 heteroatoms. The van der Waals surface area contributed by atoms with Gasteiger partial charge >= 0.3 is 0 Å². The van der Waals surface area contributed by atoms with E-state index in [-0.39, 0.29) is 0 Å². The smallest absolute Gasteiger partial charge is 0.0540 e. The van der Waals surface area contributed by atoms with Crippen molar-refractivity contribution in [2.45, 2.75) is 0 Å². The molecule has 10 rings (SSSR count). The Morgan fingerprint density at radius 1 is 0.203 bits per heavy atom. The van der Waals surface area contributed by atoms with Crippen LogP contribution in [0, 0.1) is 0 Å². The van der Waals surface area contributed by atoms with Crippen LogP contribution in [0.5, 0.6) is 0 Å². The fraction of sp³-hybridized carbons (Fsp3) is 0. The van der Waals surface area contributed by atoms with Gasteiger partial charge in [-0.25, -0.2) is 0 Å². The molecule has 0 unspecified atom stereocenters. The van der Waals surface area contributed by atoms with Crippen molar-refractivity contribution < 1.29 is 0 Å². The lowest BCUT2D eigenvalue weighted by atomic mass is 9.88. The number of nitrogens with zero attached hydrogens (tertiary/aromatic N) is 1. The zero-order valence-corrected chi connectivity index (χ0v) is 32.6. The molecule has 0 aliphatic heterocycles. The van der Waals surface area contributed by atoms with Crippen molar-refractivity contribution in [3.8, 4) is 66.8 Å². The van der Waals surface area contributed by atoms with Gasteiger partial charge in [0.1, 0.15) is 0 Å². The van der Waals surface area contributed by atoms with Crippen molar-refractivity contribution in [1.29, 1.82) is 0 Å². The van der Waals surface area contributed by atoms with E-state index >= 15 is 0 Å². The first-order valence-electron chi connectivity index (χ1n) is 20.3. The third-order valence-electron chi connectivity index (χ3n) is 11.3. The van der Waals surface area contributed by atoms with Gasteiger partial charge in [-0.1, -0.05) is 206 Å². The molecule has 0 radical (unpaired) electrons. The Labute approximate surface area is 346 Å². The summed E-state index contributed by atoms with van der Waals surface area (Å²) in [4.78, 5) is 2.42. The predicted octanol–water partition coefficient (Wildman–Crippen LogP) is 16.3. The van der Waals surface area contributed by atoms with Gasteiger partial charge in [0, 0.05) is 16.9 Å². The lowest BCUT2D eigenvalue weighted by Gasteiger charge is -2.29. The van der Waals surface area contributed by atoms with E-state index in [0.717, 1.165) is 22.6 Å². The molecule has 0 amide bonds. The molecule has 0 aliphatic carbocycles. The minimum absolute atomic E-state index is 1.08. The van der Waals surface area contributed by atoms with E-state index in [1.165, 1.54) is 72.0 Å². The second-order valence-electron chi connectivity index (χ2n) is 14.9. The van der Waals surface area contributed by atoms with Crippen molar-refractivity contribution in [2.75, 3.05) is 4.90 Å². The van der Waals surface area contributed by atoms with Gasteiger partial charge in [-0.15, -0.1) is 0 Å². The topological polar surface area (TPSA) is 3.24 Å². The van der Waals surface area contributed by atoms with Crippen LogP contribution in [0.1, 0.15) is 0 Å². The highest BCUT2D eigenvalue weighted by Crippen LogP contribution is 2.46. The van der Waals surface area contributed by atoms with Crippen molar-refractivity contribution >= 4 is 27.8 Å². The first kappa shape index (κ1) is 35.7. The van der Waals surface area contributed by atoms with Crippen LogP contribution in [0.2, 0.25) is 0 Å². The van der Waals surface area contributed by atoms with Crippen LogP contribution in [0.25, 0.3) is 77.5 Å². The third kappa shape index (κ3) is 7.23. The van der Waals surface area contributed by atoms with Gasteiger partial charge in [0.05, 0.1) is 5.69 Å². The minimum atomic E-state index is 1.08. The highest BCUT2D eigenvalue weighted by molar-refractivity contribution is 5.98. The van der Waals surface area contributed by atoms with Crippen molar-refractivity contribution in [3.05, 3.63) is 249 Å². The van der Waals surface area contributed by atoms with E-state index in [0.29, 0.717) is 0 Å².